The Morgan fingerprint density at radius 1 is 0.650 bits per heavy atom. The highest BCUT2D eigenvalue weighted by atomic mass is 28.4. The maximum Gasteiger partial charge on any atom is 0.351 e. The topological polar surface area (TPSA) is 36.9 Å². The van der Waals surface area contributed by atoms with Crippen LogP contribution >= 0.6 is 0 Å². The predicted octanol–water partition coefficient (Wildman–Crippen LogP) is 2.77. The summed E-state index contributed by atoms with van der Waals surface area (Å²) in [6.07, 6.45) is 3.96. The van der Waals surface area contributed by atoms with Crippen LogP contribution in [0.25, 0.3) is 0 Å². The summed E-state index contributed by atoms with van der Waals surface area (Å²) < 4.78 is 23.6. The molecule has 0 aromatic rings. The lowest BCUT2D eigenvalue weighted by Gasteiger charge is -2.24. The molecule has 0 bridgehead atoms. The van der Waals surface area contributed by atoms with Gasteiger partial charge in [0.15, 0.2) is 0 Å². The standard InChI is InChI=1S/C14H32O4Si2/c1-6-10-15-19(16-11-7-2)14(5)20(17-12-8-3)18-13-9-4/h19-20H,5-13H2,1-4H3. The van der Waals surface area contributed by atoms with Crippen LogP contribution in [0.15, 0.2) is 11.4 Å². The molecule has 0 aliphatic heterocycles. The number of hydrogen-bond acceptors (Lipinski definition) is 4. The normalized spacial score (nSPS) is 11.5. The summed E-state index contributed by atoms with van der Waals surface area (Å²) in [5, 5.41) is 0. The van der Waals surface area contributed by atoms with Gasteiger partial charge in [-0.3, -0.25) is 0 Å². The Labute approximate surface area is 128 Å². The van der Waals surface area contributed by atoms with Crippen molar-refractivity contribution in [3.8, 4) is 0 Å². The van der Waals surface area contributed by atoms with E-state index in [1.54, 1.807) is 0 Å². The average Bonchev–Trinajstić information content (AvgIpc) is 2.47. The highest BCUT2D eigenvalue weighted by Crippen LogP contribution is 2.11. The van der Waals surface area contributed by atoms with Gasteiger partial charge in [-0.2, -0.15) is 0 Å². The molecule has 0 radical (unpaired) electrons. The van der Waals surface area contributed by atoms with Gasteiger partial charge in [0.1, 0.15) is 0 Å². The minimum Gasteiger partial charge on any atom is -0.394 e. The van der Waals surface area contributed by atoms with E-state index in [9.17, 15) is 0 Å². The highest BCUT2D eigenvalue weighted by Gasteiger charge is 2.29. The molecule has 0 atom stereocenters. The average molecular weight is 321 g/mol. The molecular weight excluding hydrogens is 288 g/mol. The molecule has 0 saturated carbocycles. The fraction of sp³-hybridized carbons (Fsp3) is 0.857. The third-order valence-electron chi connectivity index (χ3n) is 2.50. The van der Waals surface area contributed by atoms with Crippen LogP contribution in [0.2, 0.25) is 0 Å². The summed E-state index contributed by atoms with van der Waals surface area (Å²) >= 11 is 0. The second kappa shape index (κ2) is 14.0. The van der Waals surface area contributed by atoms with Gasteiger partial charge in [0.2, 0.25) is 0 Å². The van der Waals surface area contributed by atoms with E-state index in [0.29, 0.717) is 0 Å². The summed E-state index contributed by atoms with van der Waals surface area (Å²) in [5.74, 6) is 0. The molecule has 0 aliphatic rings. The Bertz CT molecular complexity index is 201. The zero-order valence-corrected chi connectivity index (χ0v) is 16.0. The van der Waals surface area contributed by atoms with Crippen LogP contribution in [0, 0.1) is 0 Å². The Balaban J connectivity index is 4.54. The molecular formula is C14H32O4Si2. The van der Waals surface area contributed by atoms with Gasteiger partial charge in [0.25, 0.3) is 0 Å². The molecule has 0 aromatic heterocycles. The second-order valence-electron chi connectivity index (χ2n) is 4.72. The summed E-state index contributed by atoms with van der Waals surface area (Å²) in [7, 11) is -3.78. The minimum atomic E-state index is -1.89. The van der Waals surface area contributed by atoms with Crippen LogP contribution in [0.4, 0.5) is 0 Å². The molecule has 20 heavy (non-hydrogen) atoms. The number of rotatable bonds is 14. The zero-order chi connectivity index (χ0) is 15.2. The van der Waals surface area contributed by atoms with Crippen molar-refractivity contribution in [1.29, 1.82) is 0 Å². The van der Waals surface area contributed by atoms with Gasteiger partial charge < -0.3 is 17.7 Å². The molecule has 0 aliphatic carbocycles. The third-order valence-corrected chi connectivity index (χ3v) is 7.50. The zero-order valence-electron chi connectivity index (χ0n) is 13.7. The lowest BCUT2D eigenvalue weighted by Crippen LogP contribution is -2.39. The molecule has 6 heteroatoms. The third kappa shape index (κ3) is 9.04. The first kappa shape index (κ1) is 20.0. The predicted molar refractivity (Wildman–Crippen MR) is 88.4 cm³/mol. The molecule has 0 fully saturated rings. The van der Waals surface area contributed by atoms with Crippen molar-refractivity contribution < 1.29 is 17.7 Å². The number of hydrogen-bond donors (Lipinski definition) is 0. The molecule has 0 saturated heterocycles. The summed E-state index contributed by atoms with van der Waals surface area (Å²) in [6.45, 7) is 15.5. The van der Waals surface area contributed by atoms with Gasteiger partial charge in [0.05, 0.1) is 0 Å². The quantitative estimate of drug-likeness (QED) is 0.461. The largest absolute Gasteiger partial charge is 0.394 e. The SMILES string of the molecule is C=C([SiH](OCCC)OCCC)[SiH](OCCC)OCCC. The van der Waals surface area contributed by atoms with Crippen molar-refractivity contribution in [2.75, 3.05) is 26.4 Å². The molecule has 120 valence electrons. The van der Waals surface area contributed by atoms with E-state index in [4.69, 9.17) is 17.7 Å². The van der Waals surface area contributed by atoms with Gasteiger partial charge in [-0.25, -0.2) is 0 Å². The first-order chi connectivity index (χ1) is 9.71. The lowest BCUT2D eigenvalue weighted by atomic mass is 10.5. The van der Waals surface area contributed by atoms with Crippen LogP contribution in [-0.2, 0) is 17.7 Å². The van der Waals surface area contributed by atoms with E-state index < -0.39 is 18.6 Å². The summed E-state index contributed by atoms with van der Waals surface area (Å²) in [6, 6.07) is 0. The Morgan fingerprint density at radius 3 is 1.10 bits per heavy atom. The molecule has 0 heterocycles. The van der Waals surface area contributed by atoms with Crippen LogP contribution in [0.3, 0.4) is 0 Å². The monoisotopic (exact) mass is 320 g/mol. The van der Waals surface area contributed by atoms with Crippen molar-refractivity contribution in [2.45, 2.75) is 53.4 Å². The summed E-state index contributed by atoms with van der Waals surface area (Å²) in [4.78, 5) is 0.994. The first-order valence-electron chi connectivity index (χ1n) is 7.86. The highest BCUT2D eigenvalue weighted by molar-refractivity contribution is 6.77. The minimum absolute atomic E-state index is 0.725. The molecule has 0 unspecified atom stereocenters. The molecule has 0 aromatic carbocycles. The van der Waals surface area contributed by atoms with E-state index in [1.165, 1.54) is 0 Å². The lowest BCUT2D eigenvalue weighted by molar-refractivity contribution is 0.189. The summed E-state index contributed by atoms with van der Waals surface area (Å²) in [5.41, 5.74) is 0. The van der Waals surface area contributed by atoms with E-state index in [0.717, 1.165) is 56.9 Å². The van der Waals surface area contributed by atoms with E-state index in [1.807, 2.05) is 0 Å². The van der Waals surface area contributed by atoms with Gasteiger partial charge in [-0.05, 0) is 25.7 Å². The van der Waals surface area contributed by atoms with Crippen LogP contribution in [-0.4, -0.2) is 45.0 Å². The fourth-order valence-electron chi connectivity index (χ4n) is 1.54. The maximum atomic E-state index is 5.89. The molecule has 0 spiro atoms. The van der Waals surface area contributed by atoms with Crippen LogP contribution in [0.1, 0.15) is 53.4 Å². The van der Waals surface area contributed by atoms with E-state index in [2.05, 4.69) is 34.3 Å². The molecule has 0 amide bonds. The van der Waals surface area contributed by atoms with E-state index >= 15 is 0 Å². The Hall–Kier alpha value is 0.0138. The van der Waals surface area contributed by atoms with Crippen LogP contribution < -0.4 is 0 Å². The Kier molecular flexibility index (Phi) is 14.0. The van der Waals surface area contributed by atoms with Gasteiger partial charge in [0, 0.05) is 31.2 Å². The fourth-order valence-corrected chi connectivity index (χ4v) is 6.43. The maximum absolute atomic E-state index is 5.89. The Morgan fingerprint density at radius 2 is 0.900 bits per heavy atom. The van der Waals surface area contributed by atoms with Gasteiger partial charge in [-0.15, -0.1) is 0 Å². The van der Waals surface area contributed by atoms with Crippen LogP contribution in [0.5, 0.6) is 0 Å². The van der Waals surface area contributed by atoms with Gasteiger partial charge in [-0.1, -0.05) is 34.3 Å². The van der Waals surface area contributed by atoms with Crippen molar-refractivity contribution >= 4 is 18.6 Å². The molecule has 0 rings (SSSR count). The van der Waals surface area contributed by atoms with E-state index in [-0.39, 0.29) is 0 Å². The van der Waals surface area contributed by atoms with Crippen molar-refractivity contribution in [1.82, 2.24) is 0 Å². The van der Waals surface area contributed by atoms with Gasteiger partial charge >= 0.3 is 18.6 Å². The first-order valence-corrected chi connectivity index (χ1v) is 10.9. The second-order valence-corrected chi connectivity index (χ2v) is 9.53. The van der Waals surface area contributed by atoms with Crippen molar-refractivity contribution in [3.63, 3.8) is 0 Å². The van der Waals surface area contributed by atoms with Crippen molar-refractivity contribution in [3.05, 3.63) is 11.4 Å². The molecule has 4 nitrogen and oxygen atoms in total. The smallest absolute Gasteiger partial charge is 0.351 e. The van der Waals surface area contributed by atoms with Crippen molar-refractivity contribution in [2.24, 2.45) is 0 Å². The molecule has 0 N–H and O–H groups in total.